The first-order valence-electron chi connectivity index (χ1n) is 8.10. The average molecular weight is 359 g/mol. The third-order valence-electron chi connectivity index (χ3n) is 3.97. The van der Waals surface area contributed by atoms with Crippen LogP contribution in [0.3, 0.4) is 0 Å². The van der Waals surface area contributed by atoms with E-state index >= 15 is 0 Å². The van der Waals surface area contributed by atoms with Crippen LogP contribution in [0, 0.1) is 13.8 Å². The Labute approximate surface area is 147 Å². The maximum absolute atomic E-state index is 12.2. The Morgan fingerprint density at radius 3 is 2.32 bits per heavy atom. The fourth-order valence-corrected chi connectivity index (χ4v) is 4.56. The van der Waals surface area contributed by atoms with E-state index in [4.69, 9.17) is 0 Å². The van der Waals surface area contributed by atoms with E-state index in [0.29, 0.717) is 30.0 Å². The number of carbonyl (C=O) groups excluding carboxylic acids is 1. The van der Waals surface area contributed by atoms with E-state index in [2.05, 4.69) is 10.6 Å². The number of sulfonamides is 1. The van der Waals surface area contributed by atoms with Gasteiger partial charge in [0, 0.05) is 17.9 Å². The van der Waals surface area contributed by atoms with Crippen LogP contribution in [-0.2, 0) is 10.0 Å². The Kier molecular flexibility index (Phi) is 4.67. The number of hydrogen-bond acceptors (Lipinski definition) is 3. The fourth-order valence-electron chi connectivity index (χ4n) is 3.01. The van der Waals surface area contributed by atoms with Crippen molar-refractivity contribution >= 4 is 33.1 Å². The minimum absolute atomic E-state index is 0.165. The third kappa shape index (κ3) is 4.11. The van der Waals surface area contributed by atoms with Gasteiger partial charge < -0.3 is 10.6 Å². The molecule has 1 heterocycles. The highest BCUT2D eigenvalue weighted by Gasteiger charge is 2.28. The van der Waals surface area contributed by atoms with Gasteiger partial charge in [0.15, 0.2) is 0 Å². The highest BCUT2D eigenvalue weighted by Crippen LogP contribution is 2.26. The molecule has 0 aromatic heterocycles. The number of hydrogen-bond donors (Lipinski definition) is 2. The number of benzene rings is 2. The molecule has 2 aromatic rings. The lowest BCUT2D eigenvalue weighted by Gasteiger charge is -2.18. The number of anilines is 3. The maximum atomic E-state index is 12.2. The third-order valence-corrected chi connectivity index (χ3v) is 5.84. The lowest BCUT2D eigenvalue weighted by Crippen LogP contribution is -2.25. The molecule has 0 bridgehead atoms. The predicted molar refractivity (Wildman–Crippen MR) is 101 cm³/mol. The van der Waals surface area contributed by atoms with E-state index in [1.165, 1.54) is 4.31 Å². The second-order valence-corrected chi connectivity index (χ2v) is 8.26. The first kappa shape index (κ1) is 17.3. The largest absolute Gasteiger partial charge is 0.323 e. The monoisotopic (exact) mass is 359 g/mol. The Morgan fingerprint density at radius 2 is 1.68 bits per heavy atom. The van der Waals surface area contributed by atoms with Crippen LogP contribution in [0.1, 0.15) is 17.5 Å². The molecule has 1 aliphatic heterocycles. The van der Waals surface area contributed by atoms with Gasteiger partial charge in [0.1, 0.15) is 0 Å². The van der Waals surface area contributed by atoms with Crippen LogP contribution in [0.4, 0.5) is 21.9 Å². The van der Waals surface area contributed by atoms with Gasteiger partial charge in [-0.1, -0.05) is 12.1 Å². The van der Waals surface area contributed by atoms with Crippen molar-refractivity contribution in [1.82, 2.24) is 0 Å². The van der Waals surface area contributed by atoms with Crippen molar-refractivity contribution in [3.63, 3.8) is 0 Å². The van der Waals surface area contributed by atoms with Crippen LogP contribution in [0.25, 0.3) is 0 Å². The first-order valence-corrected chi connectivity index (χ1v) is 9.71. The van der Waals surface area contributed by atoms with Crippen LogP contribution in [0.15, 0.2) is 42.5 Å². The molecule has 7 heteroatoms. The summed E-state index contributed by atoms with van der Waals surface area (Å²) >= 11 is 0. The zero-order chi connectivity index (χ0) is 18.0. The van der Waals surface area contributed by atoms with Gasteiger partial charge in [-0.2, -0.15) is 0 Å². The van der Waals surface area contributed by atoms with Crippen molar-refractivity contribution in [3.05, 3.63) is 53.6 Å². The van der Waals surface area contributed by atoms with Crippen molar-refractivity contribution in [2.45, 2.75) is 20.3 Å². The summed E-state index contributed by atoms with van der Waals surface area (Å²) in [4.78, 5) is 12.2. The molecular formula is C18H21N3O3S. The Bertz CT molecular complexity index is 889. The molecule has 0 spiro atoms. The van der Waals surface area contributed by atoms with E-state index in [0.717, 1.165) is 11.1 Å². The van der Waals surface area contributed by atoms with Crippen molar-refractivity contribution in [2.75, 3.05) is 27.2 Å². The minimum Gasteiger partial charge on any atom is -0.308 e. The number of aryl methyl sites for hydroxylation is 2. The zero-order valence-electron chi connectivity index (χ0n) is 14.2. The number of urea groups is 1. The molecule has 3 rings (SSSR count). The van der Waals surface area contributed by atoms with Crippen LogP contribution in [-0.4, -0.2) is 26.7 Å². The van der Waals surface area contributed by atoms with E-state index in [9.17, 15) is 13.2 Å². The standard InChI is InChI=1S/C18H21N3O3S/c1-13-9-14(2)11-16(10-13)20-18(22)19-15-5-3-6-17(12-15)21-7-4-8-25(21,23)24/h3,5-6,9-12H,4,7-8H2,1-2H3,(H2,19,20,22). The molecule has 1 aliphatic rings. The highest BCUT2D eigenvalue weighted by atomic mass is 32.2. The van der Waals surface area contributed by atoms with Gasteiger partial charge in [0.2, 0.25) is 10.0 Å². The second kappa shape index (κ2) is 6.76. The lowest BCUT2D eigenvalue weighted by atomic mass is 10.1. The Hall–Kier alpha value is -2.54. The van der Waals surface area contributed by atoms with E-state index in [-0.39, 0.29) is 11.8 Å². The van der Waals surface area contributed by atoms with Crippen LogP contribution < -0.4 is 14.9 Å². The van der Waals surface area contributed by atoms with E-state index in [1.54, 1.807) is 24.3 Å². The molecule has 25 heavy (non-hydrogen) atoms. The molecule has 2 amide bonds. The fraction of sp³-hybridized carbons (Fsp3) is 0.278. The van der Waals surface area contributed by atoms with Crippen molar-refractivity contribution in [2.24, 2.45) is 0 Å². The van der Waals surface area contributed by atoms with Gasteiger partial charge in [-0.15, -0.1) is 0 Å². The zero-order valence-corrected chi connectivity index (χ0v) is 15.1. The van der Waals surface area contributed by atoms with Gasteiger partial charge in [-0.3, -0.25) is 4.31 Å². The van der Waals surface area contributed by atoms with E-state index in [1.807, 2.05) is 32.0 Å². The maximum Gasteiger partial charge on any atom is 0.323 e. The normalized spacial score (nSPS) is 15.8. The summed E-state index contributed by atoms with van der Waals surface area (Å²) in [5, 5.41) is 5.54. The molecule has 2 N–H and O–H groups in total. The summed E-state index contributed by atoms with van der Waals surface area (Å²) < 4.78 is 25.4. The number of rotatable bonds is 3. The smallest absolute Gasteiger partial charge is 0.308 e. The number of nitrogens with zero attached hydrogens (tertiary/aromatic N) is 1. The number of nitrogens with one attached hydrogen (secondary N) is 2. The first-order chi connectivity index (χ1) is 11.8. The van der Waals surface area contributed by atoms with Gasteiger partial charge in [-0.05, 0) is 61.7 Å². The summed E-state index contributed by atoms with van der Waals surface area (Å²) in [5.41, 5.74) is 3.96. The predicted octanol–water partition coefficient (Wildman–Crippen LogP) is 3.49. The van der Waals surface area contributed by atoms with Crippen molar-refractivity contribution in [1.29, 1.82) is 0 Å². The topological polar surface area (TPSA) is 78.5 Å². The molecule has 0 saturated carbocycles. The minimum atomic E-state index is -3.24. The summed E-state index contributed by atoms with van der Waals surface area (Å²) in [7, 11) is -3.24. The molecule has 0 atom stereocenters. The molecule has 2 aromatic carbocycles. The molecule has 1 fully saturated rings. The second-order valence-electron chi connectivity index (χ2n) is 6.25. The summed E-state index contributed by atoms with van der Waals surface area (Å²) in [6, 6.07) is 12.3. The summed E-state index contributed by atoms with van der Waals surface area (Å²) in [5.74, 6) is 0.165. The molecular weight excluding hydrogens is 338 g/mol. The lowest BCUT2D eigenvalue weighted by molar-refractivity contribution is 0.262. The highest BCUT2D eigenvalue weighted by molar-refractivity contribution is 7.93. The average Bonchev–Trinajstić information content (AvgIpc) is 2.85. The van der Waals surface area contributed by atoms with E-state index < -0.39 is 10.0 Å². The Balaban J connectivity index is 1.72. The molecule has 132 valence electrons. The van der Waals surface area contributed by atoms with Gasteiger partial charge in [0.25, 0.3) is 0 Å². The molecule has 0 unspecified atom stereocenters. The number of amides is 2. The molecule has 0 radical (unpaired) electrons. The van der Waals surface area contributed by atoms with Gasteiger partial charge in [0.05, 0.1) is 11.4 Å². The summed E-state index contributed by atoms with van der Waals surface area (Å²) in [6.45, 7) is 4.41. The van der Waals surface area contributed by atoms with Crippen LogP contribution >= 0.6 is 0 Å². The van der Waals surface area contributed by atoms with Gasteiger partial charge in [-0.25, -0.2) is 13.2 Å². The van der Waals surface area contributed by atoms with Crippen molar-refractivity contribution < 1.29 is 13.2 Å². The van der Waals surface area contributed by atoms with Crippen molar-refractivity contribution in [3.8, 4) is 0 Å². The summed E-state index contributed by atoms with van der Waals surface area (Å²) in [6.07, 6.45) is 0.618. The number of carbonyl (C=O) groups is 1. The van der Waals surface area contributed by atoms with Crippen LogP contribution in [0.5, 0.6) is 0 Å². The van der Waals surface area contributed by atoms with Crippen LogP contribution in [0.2, 0.25) is 0 Å². The quantitative estimate of drug-likeness (QED) is 0.880. The van der Waals surface area contributed by atoms with Gasteiger partial charge >= 0.3 is 6.03 Å². The Morgan fingerprint density at radius 1 is 1.00 bits per heavy atom. The molecule has 0 aliphatic carbocycles. The molecule has 6 nitrogen and oxygen atoms in total. The molecule has 1 saturated heterocycles. The SMILES string of the molecule is Cc1cc(C)cc(NC(=O)Nc2cccc(N3CCCS3(=O)=O)c2)c1.